The molecule has 0 aliphatic rings. The summed E-state index contributed by atoms with van der Waals surface area (Å²) in [4.78, 5) is 9.04. The van der Waals surface area contributed by atoms with Gasteiger partial charge >= 0.3 is 0 Å². The Morgan fingerprint density at radius 2 is 1.96 bits per heavy atom. The number of rotatable bonds is 7. The topological polar surface area (TPSA) is 65.5 Å². The van der Waals surface area contributed by atoms with Crippen molar-refractivity contribution in [3.8, 4) is 23.1 Å². The van der Waals surface area contributed by atoms with E-state index in [1.165, 1.54) is 0 Å². The summed E-state index contributed by atoms with van der Waals surface area (Å²) in [6.07, 6.45) is 1.67. The number of likely N-dealkylation sites (N-methyl/N-ethyl adjacent to an activating group) is 2. The van der Waals surface area contributed by atoms with Gasteiger partial charge in [0.25, 0.3) is 0 Å². The van der Waals surface area contributed by atoms with Crippen LogP contribution in [-0.2, 0) is 6.54 Å². The van der Waals surface area contributed by atoms with E-state index in [4.69, 9.17) is 9.15 Å². The van der Waals surface area contributed by atoms with Crippen LogP contribution in [0.2, 0.25) is 0 Å². The first-order valence-corrected chi connectivity index (χ1v) is 8.80. The van der Waals surface area contributed by atoms with Gasteiger partial charge in [0.15, 0.2) is 0 Å². The first kappa shape index (κ1) is 18.9. The first-order valence-electron chi connectivity index (χ1n) is 8.80. The number of nitrogens with zero attached hydrogens (tertiary/aromatic N) is 4. The molecule has 0 N–H and O–H groups in total. The summed E-state index contributed by atoms with van der Waals surface area (Å²) < 4.78 is 11.0. The van der Waals surface area contributed by atoms with Crippen molar-refractivity contribution in [2.45, 2.75) is 6.54 Å². The van der Waals surface area contributed by atoms with E-state index in [1.807, 2.05) is 30.3 Å². The maximum absolute atomic E-state index is 9.58. The summed E-state index contributed by atoms with van der Waals surface area (Å²) in [6.45, 7) is 2.64. The number of hydrogen-bond acceptors (Lipinski definition) is 6. The molecule has 0 saturated carbocycles. The SMILES string of the molecule is COc1ccc2nc(-c3coc(CN(C)CCN(C)C)c3)c(C#N)cc2c1. The lowest BCUT2D eigenvalue weighted by Crippen LogP contribution is -2.28. The summed E-state index contributed by atoms with van der Waals surface area (Å²) in [6, 6.07) is 11.7. The lowest BCUT2D eigenvalue weighted by molar-refractivity contribution is 0.258. The van der Waals surface area contributed by atoms with Gasteiger partial charge in [-0.2, -0.15) is 5.26 Å². The zero-order valence-electron chi connectivity index (χ0n) is 16.2. The Hall–Kier alpha value is -2.88. The molecule has 0 spiro atoms. The van der Waals surface area contributed by atoms with Crippen molar-refractivity contribution in [1.29, 1.82) is 5.26 Å². The van der Waals surface area contributed by atoms with Crippen LogP contribution in [0.25, 0.3) is 22.2 Å². The third-order valence-electron chi connectivity index (χ3n) is 4.42. The van der Waals surface area contributed by atoms with Gasteiger partial charge in [0.2, 0.25) is 0 Å². The summed E-state index contributed by atoms with van der Waals surface area (Å²) in [7, 11) is 7.80. The largest absolute Gasteiger partial charge is 0.497 e. The van der Waals surface area contributed by atoms with Crippen molar-refractivity contribution in [2.24, 2.45) is 0 Å². The maximum atomic E-state index is 9.58. The van der Waals surface area contributed by atoms with Crippen molar-refractivity contribution in [1.82, 2.24) is 14.8 Å². The highest BCUT2D eigenvalue weighted by atomic mass is 16.5. The number of aromatic nitrogens is 1. The van der Waals surface area contributed by atoms with Crippen LogP contribution in [-0.4, -0.2) is 56.1 Å². The van der Waals surface area contributed by atoms with Gasteiger partial charge < -0.3 is 14.1 Å². The van der Waals surface area contributed by atoms with Gasteiger partial charge in [-0.15, -0.1) is 0 Å². The van der Waals surface area contributed by atoms with E-state index < -0.39 is 0 Å². The molecule has 6 heteroatoms. The van der Waals surface area contributed by atoms with Gasteiger partial charge in [0, 0.05) is 24.0 Å². The molecule has 2 heterocycles. The molecule has 0 aliphatic heterocycles. The average molecular weight is 364 g/mol. The molecule has 2 aromatic heterocycles. The highest BCUT2D eigenvalue weighted by Crippen LogP contribution is 2.29. The molecule has 140 valence electrons. The molecule has 3 aromatic rings. The number of ether oxygens (including phenoxy) is 1. The molecule has 27 heavy (non-hydrogen) atoms. The Morgan fingerprint density at radius 1 is 1.15 bits per heavy atom. The molecule has 6 nitrogen and oxygen atoms in total. The van der Waals surface area contributed by atoms with Gasteiger partial charge in [-0.25, -0.2) is 4.98 Å². The second kappa shape index (κ2) is 8.21. The van der Waals surface area contributed by atoms with Crippen LogP contribution in [0, 0.1) is 11.3 Å². The van der Waals surface area contributed by atoms with Gasteiger partial charge in [-0.05, 0) is 51.5 Å². The Morgan fingerprint density at radius 3 is 2.67 bits per heavy atom. The molecule has 0 saturated heterocycles. The quantitative estimate of drug-likeness (QED) is 0.640. The summed E-state index contributed by atoms with van der Waals surface area (Å²) in [5, 5.41) is 10.5. The van der Waals surface area contributed by atoms with Crippen molar-refractivity contribution in [3.05, 3.63) is 47.9 Å². The maximum Gasteiger partial charge on any atom is 0.119 e. The fraction of sp³-hybridized carbons (Fsp3) is 0.333. The first-order chi connectivity index (χ1) is 13.0. The van der Waals surface area contributed by atoms with Crippen LogP contribution >= 0.6 is 0 Å². The highest BCUT2D eigenvalue weighted by Gasteiger charge is 2.14. The summed E-state index contributed by atoms with van der Waals surface area (Å²) in [5.41, 5.74) is 2.79. The van der Waals surface area contributed by atoms with E-state index in [2.05, 4.69) is 42.0 Å². The van der Waals surface area contributed by atoms with Gasteiger partial charge in [-0.3, -0.25) is 4.90 Å². The van der Waals surface area contributed by atoms with E-state index in [1.54, 1.807) is 13.4 Å². The highest BCUT2D eigenvalue weighted by molar-refractivity contribution is 5.85. The Labute approximate surface area is 159 Å². The van der Waals surface area contributed by atoms with Crippen molar-refractivity contribution in [2.75, 3.05) is 41.3 Å². The number of fused-ring (bicyclic) bond motifs is 1. The minimum absolute atomic E-state index is 0.518. The molecule has 0 aliphatic carbocycles. The fourth-order valence-electron chi connectivity index (χ4n) is 2.89. The minimum Gasteiger partial charge on any atom is -0.497 e. The number of nitriles is 1. The number of hydrogen-bond donors (Lipinski definition) is 0. The van der Waals surface area contributed by atoms with Crippen molar-refractivity contribution < 1.29 is 9.15 Å². The van der Waals surface area contributed by atoms with Crippen LogP contribution in [0.4, 0.5) is 0 Å². The Balaban J connectivity index is 1.87. The normalized spacial score (nSPS) is 11.3. The smallest absolute Gasteiger partial charge is 0.119 e. The molecule has 0 fully saturated rings. The molecule has 0 amide bonds. The molecule has 0 radical (unpaired) electrons. The summed E-state index contributed by atoms with van der Waals surface area (Å²) in [5.74, 6) is 1.60. The van der Waals surface area contributed by atoms with Crippen LogP contribution in [0.3, 0.4) is 0 Å². The predicted molar refractivity (Wildman–Crippen MR) is 106 cm³/mol. The van der Waals surface area contributed by atoms with Crippen LogP contribution in [0.5, 0.6) is 5.75 Å². The third kappa shape index (κ3) is 4.45. The Bertz CT molecular complexity index is 972. The molecule has 3 rings (SSSR count). The molecule has 1 aromatic carbocycles. The molecule has 0 bridgehead atoms. The average Bonchev–Trinajstić information content (AvgIpc) is 3.12. The van der Waals surface area contributed by atoms with Crippen LogP contribution in [0.15, 0.2) is 41.0 Å². The van der Waals surface area contributed by atoms with Gasteiger partial charge in [0.05, 0.1) is 30.4 Å². The van der Waals surface area contributed by atoms with Crippen molar-refractivity contribution in [3.63, 3.8) is 0 Å². The van der Waals surface area contributed by atoms with Crippen LogP contribution < -0.4 is 4.74 Å². The standard InChI is InChI=1S/C21H24N4O2/c1-24(2)7-8-25(3)13-19-11-17(14-27-19)21-16(12-22)9-15-10-18(26-4)5-6-20(15)23-21/h5-6,9-11,14H,7-8,13H2,1-4H3. The van der Waals surface area contributed by atoms with E-state index >= 15 is 0 Å². The number of furan rings is 1. The molecular weight excluding hydrogens is 340 g/mol. The molecule has 0 unspecified atom stereocenters. The molecular formula is C21H24N4O2. The zero-order chi connectivity index (χ0) is 19.4. The molecule has 0 atom stereocenters. The monoisotopic (exact) mass is 364 g/mol. The Kier molecular flexibility index (Phi) is 5.75. The fourth-order valence-corrected chi connectivity index (χ4v) is 2.89. The number of benzene rings is 1. The second-order valence-electron chi connectivity index (χ2n) is 6.90. The lowest BCUT2D eigenvalue weighted by atomic mass is 10.1. The van der Waals surface area contributed by atoms with E-state index in [0.717, 1.165) is 41.1 Å². The summed E-state index contributed by atoms with van der Waals surface area (Å²) >= 11 is 0. The number of methoxy groups -OCH3 is 1. The lowest BCUT2D eigenvalue weighted by Gasteiger charge is -2.17. The number of pyridine rings is 1. The minimum atomic E-state index is 0.518. The van der Waals surface area contributed by atoms with Gasteiger partial charge in [0.1, 0.15) is 23.8 Å². The van der Waals surface area contributed by atoms with E-state index in [0.29, 0.717) is 17.8 Å². The third-order valence-corrected chi connectivity index (χ3v) is 4.42. The van der Waals surface area contributed by atoms with Crippen LogP contribution in [0.1, 0.15) is 11.3 Å². The van der Waals surface area contributed by atoms with Crippen molar-refractivity contribution >= 4 is 10.9 Å². The predicted octanol–water partition coefficient (Wildman–Crippen LogP) is 3.37. The second-order valence-corrected chi connectivity index (χ2v) is 6.90. The van der Waals surface area contributed by atoms with E-state index in [9.17, 15) is 5.26 Å². The zero-order valence-corrected chi connectivity index (χ0v) is 16.2. The van der Waals surface area contributed by atoms with E-state index in [-0.39, 0.29) is 0 Å². The van der Waals surface area contributed by atoms with Gasteiger partial charge in [-0.1, -0.05) is 0 Å².